The second-order valence-electron chi connectivity index (χ2n) is 5.98. The first-order valence-corrected chi connectivity index (χ1v) is 8.71. The normalized spacial score (nSPS) is 14.6. The lowest BCUT2D eigenvalue weighted by molar-refractivity contribution is -0.126. The van der Waals surface area contributed by atoms with Crippen molar-refractivity contribution in [3.05, 3.63) is 70.7 Å². The van der Waals surface area contributed by atoms with Crippen LogP contribution in [-0.2, 0) is 16.1 Å². The zero-order chi connectivity index (χ0) is 19.2. The zero-order valence-corrected chi connectivity index (χ0v) is 15.1. The van der Waals surface area contributed by atoms with E-state index in [2.05, 4.69) is 10.6 Å². The maximum absolute atomic E-state index is 12.3. The second-order valence-corrected chi connectivity index (χ2v) is 6.41. The quantitative estimate of drug-likeness (QED) is 0.797. The number of urea groups is 1. The molecule has 0 bridgehead atoms. The molecule has 0 aliphatic carbocycles. The summed E-state index contributed by atoms with van der Waals surface area (Å²) >= 11 is 5.85. The summed E-state index contributed by atoms with van der Waals surface area (Å²) in [6, 6.07) is 15.3. The SMILES string of the molecule is O=C(NCc1ccc(Cl)cc1)N[C@H](CN1C(=O)COC1=O)c1ccccc1. The molecular weight excluding hydrogens is 370 g/mol. The average molecular weight is 388 g/mol. The van der Waals surface area contributed by atoms with Gasteiger partial charge in [0.25, 0.3) is 5.91 Å². The van der Waals surface area contributed by atoms with Crippen LogP contribution in [0.5, 0.6) is 0 Å². The van der Waals surface area contributed by atoms with Gasteiger partial charge in [-0.1, -0.05) is 54.1 Å². The Kier molecular flexibility index (Phi) is 5.93. The molecule has 3 rings (SSSR count). The number of hydrogen-bond acceptors (Lipinski definition) is 4. The largest absolute Gasteiger partial charge is 0.439 e. The minimum absolute atomic E-state index is 0.00392. The van der Waals surface area contributed by atoms with Crippen molar-refractivity contribution in [1.82, 2.24) is 15.5 Å². The van der Waals surface area contributed by atoms with Crippen LogP contribution in [0.3, 0.4) is 0 Å². The summed E-state index contributed by atoms with van der Waals surface area (Å²) in [6.07, 6.45) is -0.704. The molecule has 1 aliphatic rings. The van der Waals surface area contributed by atoms with Crippen molar-refractivity contribution in [2.75, 3.05) is 13.2 Å². The van der Waals surface area contributed by atoms with Crippen molar-refractivity contribution >= 4 is 29.6 Å². The predicted molar refractivity (Wildman–Crippen MR) is 99.1 cm³/mol. The van der Waals surface area contributed by atoms with Gasteiger partial charge in [-0.2, -0.15) is 0 Å². The maximum atomic E-state index is 12.3. The molecule has 0 unspecified atom stereocenters. The molecule has 2 N–H and O–H groups in total. The lowest BCUT2D eigenvalue weighted by Gasteiger charge is -2.23. The van der Waals surface area contributed by atoms with E-state index in [1.54, 1.807) is 12.1 Å². The van der Waals surface area contributed by atoms with Crippen molar-refractivity contribution in [3.8, 4) is 0 Å². The molecule has 2 aromatic carbocycles. The van der Waals surface area contributed by atoms with Crippen LogP contribution < -0.4 is 10.6 Å². The van der Waals surface area contributed by atoms with Crippen LogP contribution >= 0.6 is 11.6 Å². The van der Waals surface area contributed by atoms with E-state index in [0.717, 1.165) is 16.0 Å². The van der Waals surface area contributed by atoms with Crippen LogP contribution in [0.25, 0.3) is 0 Å². The van der Waals surface area contributed by atoms with E-state index in [-0.39, 0.29) is 13.2 Å². The molecule has 0 saturated carbocycles. The van der Waals surface area contributed by atoms with Gasteiger partial charge < -0.3 is 15.4 Å². The molecule has 1 heterocycles. The molecule has 1 atom stereocenters. The predicted octanol–water partition coefficient (Wildman–Crippen LogP) is 2.86. The number of benzene rings is 2. The monoisotopic (exact) mass is 387 g/mol. The Morgan fingerprint density at radius 1 is 1.11 bits per heavy atom. The Morgan fingerprint density at radius 2 is 1.81 bits per heavy atom. The van der Waals surface area contributed by atoms with Crippen LogP contribution in [-0.4, -0.2) is 36.1 Å². The van der Waals surface area contributed by atoms with Gasteiger partial charge in [0.1, 0.15) is 0 Å². The number of hydrogen-bond donors (Lipinski definition) is 2. The second kappa shape index (κ2) is 8.55. The van der Waals surface area contributed by atoms with Gasteiger partial charge in [-0.25, -0.2) is 14.5 Å². The Morgan fingerprint density at radius 3 is 2.44 bits per heavy atom. The van der Waals surface area contributed by atoms with Gasteiger partial charge in [0.15, 0.2) is 6.61 Å². The van der Waals surface area contributed by atoms with Crippen molar-refractivity contribution in [2.24, 2.45) is 0 Å². The molecule has 4 amide bonds. The van der Waals surface area contributed by atoms with Gasteiger partial charge in [-0.05, 0) is 23.3 Å². The number of halogens is 1. The number of rotatable bonds is 6. The molecule has 1 aliphatic heterocycles. The van der Waals surface area contributed by atoms with E-state index in [0.29, 0.717) is 11.6 Å². The highest BCUT2D eigenvalue weighted by Crippen LogP contribution is 2.17. The third-order valence-corrected chi connectivity index (χ3v) is 4.33. The van der Waals surface area contributed by atoms with Crippen LogP contribution in [0, 0.1) is 0 Å². The topological polar surface area (TPSA) is 87.7 Å². The fraction of sp³-hybridized carbons (Fsp3) is 0.211. The van der Waals surface area contributed by atoms with E-state index < -0.39 is 24.1 Å². The molecule has 2 aromatic rings. The van der Waals surface area contributed by atoms with Gasteiger partial charge in [0.05, 0.1) is 12.6 Å². The third-order valence-electron chi connectivity index (χ3n) is 4.08. The van der Waals surface area contributed by atoms with Gasteiger partial charge in [-0.3, -0.25) is 4.79 Å². The van der Waals surface area contributed by atoms with E-state index in [1.165, 1.54) is 0 Å². The minimum Gasteiger partial charge on any atom is -0.439 e. The zero-order valence-electron chi connectivity index (χ0n) is 14.4. The van der Waals surface area contributed by atoms with Crippen molar-refractivity contribution in [2.45, 2.75) is 12.6 Å². The first-order chi connectivity index (χ1) is 13.0. The lowest BCUT2D eigenvalue weighted by atomic mass is 10.1. The first-order valence-electron chi connectivity index (χ1n) is 8.34. The molecular formula is C19H18ClN3O4. The number of nitrogens with one attached hydrogen (secondary N) is 2. The maximum Gasteiger partial charge on any atom is 0.417 e. The Labute approximate surface area is 161 Å². The van der Waals surface area contributed by atoms with Crippen molar-refractivity contribution < 1.29 is 19.1 Å². The Balaban J connectivity index is 1.65. The minimum atomic E-state index is -0.704. The molecule has 1 fully saturated rings. The summed E-state index contributed by atoms with van der Waals surface area (Å²) in [5, 5.41) is 6.18. The molecule has 140 valence electrons. The highest BCUT2D eigenvalue weighted by Gasteiger charge is 2.33. The summed E-state index contributed by atoms with van der Waals surface area (Å²) in [6.45, 7) is 0.0361. The highest BCUT2D eigenvalue weighted by atomic mass is 35.5. The molecule has 27 heavy (non-hydrogen) atoms. The smallest absolute Gasteiger partial charge is 0.417 e. The summed E-state index contributed by atoms with van der Waals surface area (Å²) < 4.78 is 4.73. The molecule has 1 saturated heterocycles. The number of ether oxygens (including phenoxy) is 1. The van der Waals surface area contributed by atoms with E-state index in [9.17, 15) is 14.4 Å². The number of cyclic esters (lactones) is 1. The van der Waals surface area contributed by atoms with Crippen LogP contribution in [0.4, 0.5) is 9.59 Å². The van der Waals surface area contributed by atoms with Crippen molar-refractivity contribution in [3.63, 3.8) is 0 Å². The summed E-state index contributed by atoms with van der Waals surface area (Å²) in [5.74, 6) is -0.427. The molecule has 0 spiro atoms. The number of carbonyl (C=O) groups is 3. The van der Waals surface area contributed by atoms with Crippen LogP contribution in [0.2, 0.25) is 5.02 Å². The number of imide groups is 1. The first kappa shape index (κ1) is 18.7. The molecule has 0 radical (unpaired) electrons. The van der Waals surface area contributed by atoms with E-state index in [4.69, 9.17) is 16.3 Å². The summed E-state index contributed by atoms with van der Waals surface area (Å²) in [4.78, 5) is 36.9. The Hall–Kier alpha value is -3.06. The van der Waals surface area contributed by atoms with Crippen molar-refractivity contribution in [1.29, 1.82) is 0 Å². The number of amides is 4. The Bertz CT molecular complexity index is 811. The standard InChI is InChI=1S/C19H18ClN3O4/c20-15-8-6-13(7-9-15)10-21-18(25)22-16(14-4-2-1-3-5-14)11-23-17(24)12-27-19(23)26/h1-9,16H,10-12H2,(H2,21,22,25)/t16-/m1/s1. The number of nitrogens with zero attached hydrogens (tertiary/aromatic N) is 1. The van der Waals surface area contributed by atoms with Gasteiger partial charge in [-0.15, -0.1) is 0 Å². The van der Waals surface area contributed by atoms with Gasteiger partial charge in [0.2, 0.25) is 0 Å². The van der Waals surface area contributed by atoms with Crippen LogP contribution in [0.1, 0.15) is 17.2 Å². The lowest BCUT2D eigenvalue weighted by Crippen LogP contribution is -2.43. The average Bonchev–Trinajstić information content (AvgIpc) is 2.99. The van der Waals surface area contributed by atoms with Gasteiger partial charge in [0, 0.05) is 11.6 Å². The van der Waals surface area contributed by atoms with Crippen LogP contribution in [0.15, 0.2) is 54.6 Å². The fourth-order valence-corrected chi connectivity index (χ4v) is 2.78. The van der Waals surface area contributed by atoms with Gasteiger partial charge >= 0.3 is 12.1 Å². The summed E-state index contributed by atoms with van der Waals surface area (Å²) in [7, 11) is 0. The molecule has 8 heteroatoms. The highest BCUT2D eigenvalue weighted by molar-refractivity contribution is 6.30. The molecule has 0 aromatic heterocycles. The van der Waals surface area contributed by atoms with E-state index >= 15 is 0 Å². The van der Waals surface area contributed by atoms with E-state index in [1.807, 2.05) is 42.5 Å². The third kappa shape index (κ3) is 4.98. The number of carbonyl (C=O) groups excluding carboxylic acids is 3. The molecule has 7 nitrogen and oxygen atoms in total. The fourth-order valence-electron chi connectivity index (χ4n) is 2.65. The summed E-state index contributed by atoms with van der Waals surface area (Å²) in [5.41, 5.74) is 1.66.